The van der Waals surface area contributed by atoms with Gasteiger partial charge in [-0.15, -0.1) is 16.4 Å². The van der Waals surface area contributed by atoms with E-state index >= 15 is 0 Å². The van der Waals surface area contributed by atoms with Crippen molar-refractivity contribution in [1.82, 2.24) is 25.2 Å². The maximum atomic E-state index is 12.3. The van der Waals surface area contributed by atoms with E-state index in [-0.39, 0.29) is 12.3 Å². The number of aromatic nitrogens is 5. The topological polar surface area (TPSA) is 85.6 Å². The second-order valence-corrected chi connectivity index (χ2v) is 6.40. The number of benzene rings is 2. The van der Waals surface area contributed by atoms with Gasteiger partial charge in [-0.1, -0.05) is 36.4 Å². The summed E-state index contributed by atoms with van der Waals surface area (Å²) in [6.07, 6.45) is 1.72. The maximum Gasteiger partial charge on any atom is 0.230 e. The largest absolute Gasteiger partial charge is 0.326 e. The van der Waals surface area contributed by atoms with E-state index in [0.29, 0.717) is 5.69 Å². The van der Waals surface area contributed by atoms with Gasteiger partial charge in [0.05, 0.1) is 17.8 Å². The van der Waals surface area contributed by atoms with Crippen molar-refractivity contribution in [1.29, 1.82) is 0 Å². The summed E-state index contributed by atoms with van der Waals surface area (Å²) < 4.78 is 1.53. The molecule has 0 bridgehead atoms. The van der Waals surface area contributed by atoms with E-state index in [0.717, 1.165) is 22.0 Å². The van der Waals surface area contributed by atoms with Crippen molar-refractivity contribution in [2.24, 2.45) is 0 Å². The van der Waals surface area contributed by atoms with E-state index < -0.39 is 0 Å². The third kappa shape index (κ3) is 3.65. The summed E-state index contributed by atoms with van der Waals surface area (Å²) in [4.78, 5) is 16.9. The second-order valence-electron chi connectivity index (χ2n) is 5.54. The minimum Gasteiger partial charge on any atom is -0.326 e. The van der Waals surface area contributed by atoms with Crippen molar-refractivity contribution in [3.05, 3.63) is 72.0 Å². The van der Waals surface area contributed by atoms with Gasteiger partial charge in [0.1, 0.15) is 11.3 Å². The zero-order valence-electron chi connectivity index (χ0n) is 13.6. The summed E-state index contributed by atoms with van der Waals surface area (Å²) in [5.41, 5.74) is 3.26. The van der Waals surface area contributed by atoms with E-state index in [1.54, 1.807) is 0 Å². The van der Waals surface area contributed by atoms with Crippen LogP contribution in [0.4, 0.5) is 5.69 Å². The Hall–Kier alpha value is -3.39. The van der Waals surface area contributed by atoms with E-state index in [1.165, 1.54) is 22.3 Å². The normalized spacial score (nSPS) is 10.6. The highest BCUT2D eigenvalue weighted by atomic mass is 32.1. The highest BCUT2D eigenvalue weighted by molar-refractivity contribution is 7.13. The molecule has 1 N–H and O–H groups in total. The number of anilines is 1. The second kappa shape index (κ2) is 7.24. The molecular weight excluding hydrogens is 348 g/mol. The Morgan fingerprint density at radius 1 is 1.12 bits per heavy atom. The molecule has 0 saturated carbocycles. The van der Waals surface area contributed by atoms with Crippen LogP contribution in [-0.2, 0) is 11.2 Å². The lowest BCUT2D eigenvalue weighted by Crippen LogP contribution is -2.14. The molecule has 4 rings (SSSR count). The van der Waals surface area contributed by atoms with Gasteiger partial charge in [-0.2, -0.15) is 0 Å². The number of amides is 1. The lowest BCUT2D eigenvalue weighted by atomic mass is 10.2. The highest BCUT2D eigenvalue weighted by Crippen LogP contribution is 2.23. The quantitative estimate of drug-likeness (QED) is 0.590. The first-order valence-electron chi connectivity index (χ1n) is 7.91. The third-order valence-electron chi connectivity index (χ3n) is 3.66. The number of hydrogen-bond donors (Lipinski definition) is 1. The molecule has 26 heavy (non-hydrogen) atoms. The van der Waals surface area contributed by atoms with Gasteiger partial charge in [0.2, 0.25) is 5.91 Å². The summed E-state index contributed by atoms with van der Waals surface area (Å²) >= 11 is 1.54. The fraction of sp³-hybridized carbons (Fsp3) is 0.0556. The molecule has 2 aromatic carbocycles. The molecule has 2 heterocycles. The number of carbonyl (C=O) groups is 1. The fourth-order valence-corrected chi connectivity index (χ4v) is 3.30. The van der Waals surface area contributed by atoms with Crippen molar-refractivity contribution in [2.45, 2.75) is 6.42 Å². The van der Waals surface area contributed by atoms with Crippen LogP contribution in [0.1, 0.15) is 5.69 Å². The van der Waals surface area contributed by atoms with E-state index in [9.17, 15) is 4.79 Å². The molecule has 0 saturated heterocycles. The summed E-state index contributed by atoms with van der Waals surface area (Å²) in [6.45, 7) is 0. The molecule has 0 atom stereocenters. The van der Waals surface area contributed by atoms with Crippen molar-refractivity contribution in [3.8, 4) is 16.3 Å². The van der Waals surface area contributed by atoms with Crippen LogP contribution in [0.5, 0.6) is 0 Å². The van der Waals surface area contributed by atoms with Crippen LogP contribution < -0.4 is 5.32 Å². The van der Waals surface area contributed by atoms with Crippen molar-refractivity contribution in [2.75, 3.05) is 5.32 Å². The van der Waals surface area contributed by atoms with Crippen LogP contribution in [-0.4, -0.2) is 31.1 Å². The molecule has 0 aliphatic heterocycles. The Labute approximate surface area is 153 Å². The van der Waals surface area contributed by atoms with Gasteiger partial charge in [-0.05, 0) is 28.6 Å². The molecule has 4 aromatic rings. The number of rotatable bonds is 5. The van der Waals surface area contributed by atoms with E-state index in [2.05, 4.69) is 25.8 Å². The molecule has 0 fully saturated rings. The van der Waals surface area contributed by atoms with Crippen LogP contribution in [0.2, 0.25) is 0 Å². The molecule has 7 nitrogen and oxygen atoms in total. The van der Waals surface area contributed by atoms with Gasteiger partial charge in [0, 0.05) is 16.6 Å². The molecule has 1 amide bonds. The molecule has 0 unspecified atom stereocenters. The van der Waals surface area contributed by atoms with Crippen LogP contribution in [0.15, 0.2) is 66.3 Å². The van der Waals surface area contributed by atoms with Gasteiger partial charge >= 0.3 is 0 Å². The molecule has 0 aliphatic rings. The summed E-state index contributed by atoms with van der Waals surface area (Å²) in [6, 6.07) is 17.3. The predicted octanol–water partition coefficient (Wildman–Crippen LogP) is 2.97. The average Bonchev–Trinajstić information content (AvgIpc) is 3.35. The zero-order chi connectivity index (χ0) is 17.8. The van der Waals surface area contributed by atoms with Gasteiger partial charge in [0.15, 0.2) is 0 Å². The molecular formula is C18H14N6OS. The first kappa shape index (κ1) is 16.1. The Morgan fingerprint density at radius 3 is 2.81 bits per heavy atom. The SMILES string of the molecule is O=C(Cc1csc(-c2ccccc2)n1)Nc1cccc(-n2cnnn2)c1. The van der Waals surface area contributed by atoms with E-state index in [4.69, 9.17) is 0 Å². The number of nitrogens with zero attached hydrogens (tertiary/aromatic N) is 5. The molecule has 128 valence electrons. The van der Waals surface area contributed by atoms with Crippen molar-refractivity contribution < 1.29 is 4.79 Å². The van der Waals surface area contributed by atoms with Crippen LogP contribution in [0, 0.1) is 0 Å². The van der Waals surface area contributed by atoms with E-state index in [1.807, 2.05) is 60.0 Å². The van der Waals surface area contributed by atoms with Gasteiger partial charge in [-0.25, -0.2) is 9.67 Å². The van der Waals surface area contributed by atoms with Crippen LogP contribution in [0.3, 0.4) is 0 Å². The summed E-state index contributed by atoms with van der Waals surface area (Å²) in [5.74, 6) is -0.122. The standard InChI is InChI=1S/C18H14N6OS/c25-17(10-15-11-26-18(21-15)13-5-2-1-3-6-13)20-14-7-4-8-16(9-14)24-12-19-22-23-24/h1-9,11-12H,10H2,(H,20,25). The van der Waals surface area contributed by atoms with Gasteiger partial charge < -0.3 is 5.32 Å². The predicted molar refractivity (Wildman–Crippen MR) is 99.0 cm³/mol. The molecule has 8 heteroatoms. The number of carbonyl (C=O) groups excluding carboxylic acids is 1. The molecule has 0 radical (unpaired) electrons. The number of tetrazole rings is 1. The van der Waals surface area contributed by atoms with Crippen LogP contribution >= 0.6 is 11.3 Å². The molecule has 0 aliphatic carbocycles. The Kier molecular flexibility index (Phi) is 4.48. The Bertz CT molecular complexity index is 1010. The van der Waals surface area contributed by atoms with Crippen molar-refractivity contribution in [3.63, 3.8) is 0 Å². The first-order valence-corrected chi connectivity index (χ1v) is 8.79. The monoisotopic (exact) mass is 362 g/mol. The Morgan fingerprint density at radius 2 is 2.00 bits per heavy atom. The summed E-state index contributed by atoms with van der Waals surface area (Å²) in [5, 5.41) is 16.8. The number of thiazole rings is 1. The zero-order valence-corrected chi connectivity index (χ0v) is 14.4. The highest BCUT2D eigenvalue weighted by Gasteiger charge is 2.10. The lowest BCUT2D eigenvalue weighted by Gasteiger charge is -2.06. The Balaban J connectivity index is 1.43. The minimum absolute atomic E-state index is 0.122. The third-order valence-corrected chi connectivity index (χ3v) is 4.60. The first-order chi connectivity index (χ1) is 12.8. The fourth-order valence-electron chi connectivity index (χ4n) is 2.48. The van der Waals surface area contributed by atoms with Crippen LogP contribution in [0.25, 0.3) is 16.3 Å². The van der Waals surface area contributed by atoms with Gasteiger partial charge in [0.25, 0.3) is 0 Å². The maximum absolute atomic E-state index is 12.3. The average molecular weight is 362 g/mol. The number of hydrogen-bond acceptors (Lipinski definition) is 6. The minimum atomic E-state index is -0.122. The number of nitrogens with one attached hydrogen (secondary N) is 1. The molecule has 2 aromatic heterocycles. The summed E-state index contributed by atoms with van der Waals surface area (Å²) in [7, 11) is 0. The smallest absolute Gasteiger partial charge is 0.230 e. The molecule has 0 spiro atoms. The lowest BCUT2D eigenvalue weighted by molar-refractivity contribution is -0.115. The van der Waals surface area contributed by atoms with Gasteiger partial charge in [-0.3, -0.25) is 4.79 Å². The van der Waals surface area contributed by atoms with Crippen molar-refractivity contribution >= 4 is 22.9 Å².